The quantitative estimate of drug-likeness (QED) is 0.683. The molecule has 1 N–H and O–H groups in total. The molecule has 114 valence electrons. The van der Waals surface area contributed by atoms with Gasteiger partial charge in [-0.1, -0.05) is 20.3 Å². The third-order valence-corrected chi connectivity index (χ3v) is 4.12. The van der Waals surface area contributed by atoms with Crippen molar-refractivity contribution in [2.75, 3.05) is 19.8 Å². The molecule has 0 aromatic rings. The van der Waals surface area contributed by atoms with Gasteiger partial charge in [-0.2, -0.15) is 0 Å². The fourth-order valence-corrected chi connectivity index (χ4v) is 2.72. The number of nitrogens with one attached hydrogen (secondary N) is 1. The summed E-state index contributed by atoms with van der Waals surface area (Å²) in [6.45, 7) is 5.84. The number of rotatable bonds is 8. The van der Waals surface area contributed by atoms with Gasteiger partial charge in [0.2, 0.25) is 11.8 Å². The molecule has 1 saturated carbocycles. The molecule has 1 heterocycles. The van der Waals surface area contributed by atoms with E-state index in [0.29, 0.717) is 25.5 Å². The van der Waals surface area contributed by atoms with Gasteiger partial charge in [0, 0.05) is 13.2 Å². The molecule has 1 saturated heterocycles. The number of carbonyl (C=O) groups is 2. The first-order valence-corrected chi connectivity index (χ1v) is 7.87. The average Bonchev–Trinajstić information content (AvgIpc) is 3.26. The van der Waals surface area contributed by atoms with Crippen molar-refractivity contribution < 1.29 is 14.3 Å². The second-order valence-corrected chi connectivity index (χ2v) is 5.75. The normalized spacial score (nSPS) is 26.8. The number of ether oxygens (including phenoxy) is 1. The fourth-order valence-electron chi connectivity index (χ4n) is 2.72. The van der Waals surface area contributed by atoms with E-state index in [4.69, 9.17) is 4.74 Å². The van der Waals surface area contributed by atoms with Crippen molar-refractivity contribution in [1.82, 2.24) is 10.2 Å². The van der Waals surface area contributed by atoms with E-state index in [2.05, 4.69) is 12.2 Å². The first-order chi connectivity index (χ1) is 9.69. The van der Waals surface area contributed by atoms with Crippen molar-refractivity contribution in [2.45, 2.75) is 58.0 Å². The maximum atomic E-state index is 12.5. The van der Waals surface area contributed by atoms with Gasteiger partial charge in [-0.3, -0.25) is 9.59 Å². The minimum absolute atomic E-state index is 0.00226. The predicted molar refractivity (Wildman–Crippen MR) is 76.2 cm³/mol. The maximum Gasteiger partial charge on any atom is 0.246 e. The summed E-state index contributed by atoms with van der Waals surface area (Å²) in [5, 5.41) is 2.90. The van der Waals surface area contributed by atoms with Gasteiger partial charge in [-0.05, 0) is 31.6 Å². The van der Waals surface area contributed by atoms with Crippen LogP contribution in [0.1, 0.15) is 46.0 Å². The van der Waals surface area contributed by atoms with Crippen LogP contribution in [0.15, 0.2) is 0 Å². The summed E-state index contributed by atoms with van der Waals surface area (Å²) in [5.74, 6) is 0.434. The lowest BCUT2D eigenvalue weighted by molar-refractivity contribution is -0.150. The van der Waals surface area contributed by atoms with Crippen molar-refractivity contribution >= 4 is 11.8 Å². The molecule has 1 aliphatic carbocycles. The molecule has 0 aromatic heterocycles. The average molecular weight is 282 g/mol. The van der Waals surface area contributed by atoms with Crippen LogP contribution < -0.4 is 5.32 Å². The highest BCUT2D eigenvalue weighted by Crippen LogP contribution is 2.35. The topological polar surface area (TPSA) is 58.6 Å². The van der Waals surface area contributed by atoms with Crippen LogP contribution in [0.3, 0.4) is 0 Å². The number of carbonyl (C=O) groups excluding carboxylic acids is 2. The molecule has 1 aliphatic heterocycles. The molecular weight excluding hydrogens is 256 g/mol. The summed E-state index contributed by atoms with van der Waals surface area (Å²) in [5.41, 5.74) is 0. The molecule has 0 aromatic carbocycles. The van der Waals surface area contributed by atoms with Crippen LogP contribution in [0, 0.1) is 5.92 Å². The Morgan fingerprint density at radius 1 is 1.25 bits per heavy atom. The lowest BCUT2D eigenvalue weighted by atomic mass is 10.0. The number of hydrogen-bond donors (Lipinski definition) is 1. The van der Waals surface area contributed by atoms with E-state index in [-0.39, 0.29) is 23.9 Å². The van der Waals surface area contributed by atoms with Crippen molar-refractivity contribution in [3.63, 3.8) is 0 Å². The lowest BCUT2D eigenvalue weighted by Crippen LogP contribution is -2.64. The Bertz CT molecular complexity index is 355. The summed E-state index contributed by atoms with van der Waals surface area (Å²) in [6.07, 6.45) is 4.90. The summed E-state index contributed by atoms with van der Waals surface area (Å²) in [6, 6.07) is -0.617. The molecule has 20 heavy (non-hydrogen) atoms. The van der Waals surface area contributed by atoms with Gasteiger partial charge in [-0.15, -0.1) is 0 Å². The molecule has 5 heteroatoms. The maximum absolute atomic E-state index is 12.5. The zero-order valence-electron chi connectivity index (χ0n) is 12.6. The van der Waals surface area contributed by atoms with Crippen LogP contribution in [0.2, 0.25) is 0 Å². The standard InChI is InChI=1S/C15H26N2O3/c1-3-5-9-20-10-8-17-12(4-2)14(18)16-13(15(17)19)11-6-7-11/h11-13H,3-10H2,1-2H3,(H,16,18). The van der Waals surface area contributed by atoms with Gasteiger partial charge in [-0.25, -0.2) is 0 Å². The molecule has 0 spiro atoms. The lowest BCUT2D eigenvalue weighted by Gasteiger charge is -2.38. The molecule has 2 fully saturated rings. The van der Waals surface area contributed by atoms with E-state index < -0.39 is 0 Å². The Morgan fingerprint density at radius 2 is 2.00 bits per heavy atom. The van der Waals surface area contributed by atoms with Crippen LogP contribution in [0.5, 0.6) is 0 Å². The fraction of sp³-hybridized carbons (Fsp3) is 0.867. The van der Waals surface area contributed by atoms with Crippen LogP contribution in [0.25, 0.3) is 0 Å². The smallest absolute Gasteiger partial charge is 0.246 e. The summed E-state index contributed by atoms with van der Waals surface area (Å²) in [4.78, 5) is 26.3. The van der Waals surface area contributed by atoms with Gasteiger partial charge >= 0.3 is 0 Å². The second kappa shape index (κ2) is 7.07. The van der Waals surface area contributed by atoms with E-state index in [9.17, 15) is 9.59 Å². The molecule has 5 nitrogen and oxygen atoms in total. The summed E-state index contributed by atoms with van der Waals surface area (Å²) < 4.78 is 5.54. The van der Waals surface area contributed by atoms with Crippen molar-refractivity contribution in [2.24, 2.45) is 5.92 Å². The number of amides is 2. The third-order valence-electron chi connectivity index (χ3n) is 4.12. The Balaban J connectivity index is 1.90. The largest absolute Gasteiger partial charge is 0.380 e. The Hall–Kier alpha value is -1.10. The Morgan fingerprint density at radius 3 is 2.60 bits per heavy atom. The molecule has 0 bridgehead atoms. The van der Waals surface area contributed by atoms with Gasteiger partial charge in [0.05, 0.1) is 6.61 Å². The second-order valence-electron chi connectivity index (χ2n) is 5.75. The first kappa shape index (κ1) is 15.3. The summed E-state index contributed by atoms with van der Waals surface area (Å²) >= 11 is 0. The van der Waals surface area contributed by atoms with E-state index in [0.717, 1.165) is 32.3 Å². The predicted octanol–water partition coefficient (Wildman–Crippen LogP) is 1.32. The third kappa shape index (κ3) is 3.51. The minimum Gasteiger partial charge on any atom is -0.380 e. The van der Waals surface area contributed by atoms with Gasteiger partial charge in [0.1, 0.15) is 12.1 Å². The van der Waals surface area contributed by atoms with E-state index in [1.165, 1.54) is 0 Å². The molecule has 2 amide bonds. The molecule has 2 unspecified atom stereocenters. The van der Waals surface area contributed by atoms with Gasteiger partial charge < -0.3 is 15.0 Å². The van der Waals surface area contributed by atoms with Crippen LogP contribution in [-0.2, 0) is 14.3 Å². The van der Waals surface area contributed by atoms with Crippen LogP contribution >= 0.6 is 0 Å². The van der Waals surface area contributed by atoms with Gasteiger partial charge in [0.15, 0.2) is 0 Å². The zero-order valence-corrected chi connectivity index (χ0v) is 12.6. The van der Waals surface area contributed by atoms with Crippen molar-refractivity contribution in [3.8, 4) is 0 Å². The van der Waals surface area contributed by atoms with Crippen LogP contribution in [0.4, 0.5) is 0 Å². The number of unbranched alkanes of at least 4 members (excludes halogenated alkanes) is 1. The molecule has 2 aliphatic rings. The SMILES string of the molecule is CCCCOCCN1C(=O)C(C2CC2)NC(=O)C1CC. The van der Waals surface area contributed by atoms with Gasteiger partial charge in [0.25, 0.3) is 0 Å². The Kier molecular flexibility index (Phi) is 5.40. The van der Waals surface area contributed by atoms with Crippen molar-refractivity contribution in [3.05, 3.63) is 0 Å². The van der Waals surface area contributed by atoms with E-state index in [1.54, 1.807) is 4.90 Å². The van der Waals surface area contributed by atoms with E-state index >= 15 is 0 Å². The molecule has 0 radical (unpaired) electrons. The highest BCUT2D eigenvalue weighted by Gasteiger charge is 2.46. The van der Waals surface area contributed by atoms with Crippen molar-refractivity contribution in [1.29, 1.82) is 0 Å². The number of hydrogen-bond acceptors (Lipinski definition) is 3. The zero-order chi connectivity index (χ0) is 14.5. The monoisotopic (exact) mass is 282 g/mol. The van der Waals surface area contributed by atoms with Crippen LogP contribution in [-0.4, -0.2) is 48.6 Å². The summed E-state index contributed by atoms with van der Waals surface area (Å²) in [7, 11) is 0. The highest BCUT2D eigenvalue weighted by atomic mass is 16.5. The molecular formula is C15H26N2O3. The molecule has 2 rings (SSSR count). The highest BCUT2D eigenvalue weighted by molar-refractivity contribution is 5.97. The van der Waals surface area contributed by atoms with E-state index in [1.807, 2.05) is 6.92 Å². The number of nitrogens with zero attached hydrogens (tertiary/aromatic N) is 1. The molecule has 2 atom stereocenters. The minimum atomic E-state index is -0.327. The Labute approximate surface area is 121 Å². The number of piperazine rings is 1. The first-order valence-electron chi connectivity index (χ1n) is 7.87.